The number of likely N-dealkylation sites (tertiary alicyclic amines) is 1. The molecule has 1 aliphatic heterocycles. The van der Waals surface area contributed by atoms with E-state index in [2.05, 4.69) is 38.1 Å². The Balaban J connectivity index is 1.85. The molecule has 0 aliphatic carbocycles. The first kappa shape index (κ1) is 16.0. The summed E-state index contributed by atoms with van der Waals surface area (Å²) in [6.45, 7) is 3.82. The van der Waals surface area contributed by atoms with E-state index in [1.807, 2.05) is 23.1 Å². The second kappa shape index (κ2) is 7.05. The molecule has 4 heteroatoms. The molecular formula is C17H27N3O. The third-order valence-electron chi connectivity index (χ3n) is 4.45. The third-order valence-corrected chi connectivity index (χ3v) is 4.45. The molecule has 0 aromatic heterocycles. The molecule has 0 spiro atoms. The fourth-order valence-corrected chi connectivity index (χ4v) is 3.13. The molecule has 1 fully saturated rings. The van der Waals surface area contributed by atoms with Gasteiger partial charge in [-0.2, -0.15) is 0 Å². The van der Waals surface area contributed by atoms with E-state index in [0.717, 1.165) is 19.5 Å². The van der Waals surface area contributed by atoms with Crippen LogP contribution in [0, 0.1) is 5.92 Å². The molecule has 1 aromatic carbocycles. The number of rotatable bonds is 5. The summed E-state index contributed by atoms with van der Waals surface area (Å²) in [5, 5.41) is 0. The van der Waals surface area contributed by atoms with Gasteiger partial charge in [-0.25, -0.2) is 0 Å². The fraction of sp³-hybridized carbons (Fsp3) is 0.588. The van der Waals surface area contributed by atoms with Gasteiger partial charge in [0.1, 0.15) is 0 Å². The summed E-state index contributed by atoms with van der Waals surface area (Å²) in [4.78, 5) is 16.6. The molecule has 1 heterocycles. The van der Waals surface area contributed by atoms with Gasteiger partial charge < -0.3 is 15.5 Å². The first-order valence-corrected chi connectivity index (χ1v) is 7.73. The van der Waals surface area contributed by atoms with Crippen LogP contribution in [0.4, 0.5) is 0 Å². The summed E-state index contributed by atoms with van der Waals surface area (Å²) < 4.78 is 0. The van der Waals surface area contributed by atoms with Gasteiger partial charge in [0.15, 0.2) is 0 Å². The Morgan fingerprint density at radius 2 is 2.00 bits per heavy atom. The normalized spacial score (nSPS) is 23.6. The molecule has 3 atom stereocenters. The Hall–Kier alpha value is -1.39. The number of carbonyl (C=O) groups excluding carboxylic acids is 1. The zero-order chi connectivity index (χ0) is 15.4. The van der Waals surface area contributed by atoms with Crippen molar-refractivity contribution in [3.05, 3.63) is 35.9 Å². The zero-order valence-electron chi connectivity index (χ0n) is 13.3. The summed E-state index contributed by atoms with van der Waals surface area (Å²) in [6, 6.07) is 10.3. The fourth-order valence-electron chi connectivity index (χ4n) is 3.13. The van der Waals surface area contributed by atoms with E-state index in [1.165, 1.54) is 5.56 Å². The van der Waals surface area contributed by atoms with Gasteiger partial charge >= 0.3 is 0 Å². The van der Waals surface area contributed by atoms with Crippen LogP contribution in [0.15, 0.2) is 30.3 Å². The van der Waals surface area contributed by atoms with Crippen molar-refractivity contribution in [1.82, 2.24) is 9.80 Å². The van der Waals surface area contributed by atoms with Crippen LogP contribution < -0.4 is 5.73 Å². The minimum absolute atomic E-state index is 0.0992. The van der Waals surface area contributed by atoms with Crippen LogP contribution >= 0.6 is 0 Å². The molecule has 1 aliphatic rings. The molecule has 0 bridgehead atoms. The second-order valence-electron chi connectivity index (χ2n) is 6.38. The Morgan fingerprint density at radius 3 is 2.57 bits per heavy atom. The maximum absolute atomic E-state index is 12.5. The van der Waals surface area contributed by atoms with E-state index in [9.17, 15) is 4.79 Å². The standard InChI is InChI=1S/C17H27N3O/c1-13-11-20(12-16(13)19(2)3)17(21)15(18)10-9-14-7-5-4-6-8-14/h4-8,13,15-16H,9-12,18H2,1-3H3/t13?,15-,16?/m0/s1. The van der Waals surface area contributed by atoms with Crippen molar-refractivity contribution in [2.75, 3.05) is 27.2 Å². The summed E-state index contributed by atoms with van der Waals surface area (Å²) in [5.41, 5.74) is 7.34. The molecule has 1 amide bonds. The Kier molecular flexibility index (Phi) is 5.37. The Morgan fingerprint density at radius 1 is 1.33 bits per heavy atom. The number of hydrogen-bond donors (Lipinski definition) is 1. The van der Waals surface area contributed by atoms with Crippen LogP contribution in [0.1, 0.15) is 18.9 Å². The molecule has 116 valence electrons. The monoisotopic (exact) mass is 289 g/mol. The maximum atomic E-state index is 12.5. The van der Waals surface area contributed by atoms with Crippen LogP contribution in [-0.2, 0) is 11.2 Å². The van der Waals surface area contributed by atoms with E-state index in [0.29, 0.717) is 18.4 Å². The van der Waals surface area contributed by atoms with E-state index in [4.69, 9.17) is 5.73 Å². The molecular weight excluding hydrogens is 262 g/mol. The summed E-state index contributed by atoms with van der Waals surface area (Å²) in [7, 11) is 4.15. The number of benzene rings is 1. The molecule has 0 radical (unpaired) electrons. The van der Waals surface area contributed by atoms with Crippen molar-refractivity contribution in [2.24, 2.45) is 11.7 Å². The molecule has 1 aromatic rings. The summed E-state index contributed by atoms with van der Waals surface area (Å²) in [6.07, 6.45) is 1.56. The molecule has 2 N–H and O–H groups in total. The van der Waals surface area contributed by atoms with Crippen molar-refractivity contribution < 1.29 is 4.79 Å². The van der Waals surface area contributed by atoms with E-state index < -0.39 is 6.04 Å². The van der Waals surface area contributed by atoms with Crippen LogP contribution in [0.5, 0.6) is 0 Å². The predicted octanol–water partition coefficient (Wildman–Crippen LogP) is 1.35. The maximum Gasteiger partial charge on any atom is 0.239 e. The highest BCUT2D eigenvalue weighted by Gasteiger charge is 2.35. The van der Waals surface area contributed by atoms with E-state index in [-0.39, 0.29) is 5.91 Å². The lowest BCUT2D eigenvalue weighted by Crippen LogP contribution is -2.44. The van der Waals surface area contributed by atoms with Crippen molar-refractivity contribution >= 4 is 5.91 Å². The lowest BCUT2D eigenvalue weighted by atomic mass is 10.1. The highest BCUT2D eigenvalue weighted by Crippen LogP contribution is 2.21. The van der Waals surface area contributed by atoms with Gasteiger partial charge in [-0.1, -0.05) is 37.3 Å². The van der Waals surface area contributed by atoms with Crippen LogP contribution in [0.25, 0.3) is 0 Å². The molecule has 4 nitrogen and oxygen atoms in total. The summed E-state index contributed by atoms with van der Waals surface area (Å²) >= 11 is 0. The van der Waals surface area contributed by atoms with Gasteiger partial charge in [0.05, 0.1) is 6.04 Å². The average molecular weight is 289 g/mol. The second-order valence-corrected chi connectivity index (χ2v) is 6.38. The Bertz CT molecular complexity index is 460. The smallest absolute Gasteiger partial charge is 0.239 e. The van der Waals surface area contributed by atoms with Crippen LogP contribution in [0.3, 0.4) is 0 Å². The SMILES string of the molecule is CC1CN(C(=O)[C@@H](N)CCc2ccccc2)CC1N(C)C. The van der Waals surface area contributed by atoms with Gasteiger partial charge in [0.2, 0.25) is 5.91 Å². The predicted molar refractivity (Wildman–Crippen MR) is 86.0 cm³/mol. The van der Waals surface area contributed by atoms with Gasteiger partial charge in [-0.05, 0) is 38.4 Å². The topological polar surface area (TPSA) is 49.6 Å². The number of nitrogens with zero attached hydrogens (tertiary/aromatic N) is 2. The quantitative estimate of drug-likeness (QED) is 0.890. The lowest BCUT2D eigenvalue weighted by Gasteiger charge is -2.23. The first-order chi connectivity index (χ1) is 9.99. The van der Waals surface area contributed by atoms with Gasteiger partial charge in [0.25, 0.3) is 0 Å². The van der Waals surface area contributed by atoms with Crippen molar-refractivity contribution in [2.45, 2.75) is 31.8 Å². The number of hydrogen-bond acceptors (Lipinski definition) is 3. The van der Waals surface area contributed by atoms with Crippen molar-refractivity contribution in [1.29, 1.82) is 0 Å². The Labute approximate surface area is 127 Å². The van der Waals surface area contributed by atoms with E-state index in [1.54, 1.807) is 0 Å². The van der Waals surface area contributed by atoms with E-state index >= 15 is 0 Å². The van der Waals surface area contributed by atoms with Gasteiger partial charge in [-0.3, -0.25) is 4.79 Å². The average Bonchev–Trinajstić information content (AvgIpc) is 2.87. The van der Waals surface area contributed by atoms with Gasteiger partial charge in [-0.15, -0.1) is 0 Å². The lowest BCUT2D eigenvalue weighted by molar-refractivity contribution is -0.131. The van der Waals surface area contributed by atoms with Crippen molar-refractivity contribution in [3.63, 3.8) is 0 Å². The number of amides is 1. The molecule has 1 saturated heterocycles. The largest absolute Gasteiger partial charge is 0.339 e. The molecule has 2 unspecified atom stereocenters. The number of nitrogens with two attached hydrogens (primary N) is 1. The summed E-state index contributed by atoms with van der Waals surface area (Å²) in [5.74, 6) is 0.604. The highest BCUT2D eigenvalue weighted by molar-refractivity contribution is 5.82. The number of likely N-dealkylation sites (N-methyl/N-ethyl adjacent to an activating group) is 1. The number of aryl methyl sites for hydroxylation is 1. The van der Waals surface area contributed by atoms with Gasteiger partial charge in [0, 0.05) is 19.1 Å². The van der Waals surface area contributed by atoms with Crippen LogP contribution in [0.2, 0.25) is 0 Å². The molecule has 2 rings (SSSR count). The van der Waals surface area contributed by atoms with Crippen LogP contribution in [-0.4, -0.2) is 55.0 Å². The highest BCUT2D eigenvalue weighted by atomic mass is 16.2. The van der Waals surface area contributed by atoms with Crippen molar-refractivity contribution in [3.8, 4) is 0 Å². The zero-order valence-corrected chi connectivity index (χ0v) is 13.3. The first-order valence-electron chi connectivity index (χ1n) is 7.73. The third kappa shape index (κ3) is 4.05. The molecule has 21 heavy (non-hydrogen) atoms. The molecule has 0 saturated carbocycles. The minimum atomic E-state index is -0.390. The minimum Gasteiger partial charge on any atom is -0.339 e. The number of carbonyl (C=O) groups is 1.